The summed E-state index contributed by atoms with van der Waals surface area (Å²) in [4.78, 5) is 26.3. The molecule has 0 N–H and O–H groups in total. The summed E-state index contributed by atoms with van der Waals surface area (Å²) in [5.74, 6) is -1.43. The lowest BCUT2D eigenvalue weighted by molar-refractivity contribution is -0.139. The highest BCUT2D eigenvalue weighted by Gasteiger charge is 2.28. The number of ether oxygens (including phenoxy) is 2. The molecule has 0 bridgehead atoms. The van der Waals surface area contributed by atoms with Gasteiger partial charge in [0.15, 0.2) is 0 Å². The van der Waals surface area contributed by atoms with Gasteiger partial charge in [0.2, 0.25) is 10.0 Å². The first-order valence-corrected chi connectivity index (χ1v) is 11.4. The molecule has 31 heavy (non-hydrogen) atoms. The highest BCUT2D eigenvalue weighted by molar-refractivity contribution is 7.89. The normalized spacial score (nSPS) is 14.0. The Morgan fingerprint density at radius 1 is 0.935 bits per heavy atom. The van der Waals surface area contributed by atoms with E-state index in [0.717, 1.165) is 0 Å². The van der Waals surface area contributed by atoms with Crippen molar-refractivity contribution >= 4 is 27.6 Å². The maximum Gasteiger partial charge on any atom is 0.355 e. The van der Waals surface area contributed by atoms with E-state index < -0.39 is 22.0 Å². The molecule has 0 radical (unpaired) electrons. The molecule has 1 aliphatic heterocycles. The maximum atomic E-state index is 13.0. The second-order valence-corrected chi connectivity index (χ2v) is 8.65. The number of allylic oxidation sites excluding steroid dienone is 2. The summed E-state index contributed by atoms with van der Waals surface area (Å²) in [6.07, 6.45) is 7.72. The average Bonchev–Trinajstić information content (AvgIpc) is 3.01. The molecule has 0 saturated heterocycles. The van der Waals surface area contributed by atoms with Gasteiger partial charge in [-0.1, -0.05) is 19.9 Å². The third kappa shape index (κ3) is 5.42. The van der Waals surface area contributed by atoms with E-state index in [1.807, 2.05) is 13.8 Å². The van der Waals surface area contributed by atoms with Gasteiger partial charge < -0.3 is 14.4 Å². The first-order chi connectivity index (χ1) is 14.8. The first-order valence-electron chi connectivity index (χ1n) is 9.97. The van der Waals surface area contributed by atoms with E-state index in [4.69, 9.17) is 9.47 Å². The highest BCUT2D eigenvalue weighted by Crippen LogP contribution is 2.28. The zero-order valence-electron chi connectivity index (χ0n) is 18.2. The van der Waals surface area contributed by atoms with E-state index in [9.17, 15) is 18.0 Å². The molecule has 168 valence electrons. The van der Waals surface area contributed by atoms with Gasteiger partial charge in [0.1, 0.15) is 5.70 Å². The van der Waals surface area contributed by atoms with Gasteiger partial charge in [0.05, 0.1) is 24.7 Å². The zero-order chi connectivity index (χ0) is 23.0. The molecule has 1 aliphatic rings. The lowest BCUT2D eigenvalue weighted by atomic mass is 10.1. The molecule has 0 spiro atoms. The molecular formula is C22H28N2O6S. The quantitative estimate of drug-likeness (QED) is 0.536. The van der Waals surface area contributed by atoms with Crippen LogP contribution in [0.15, 0.2) is 64.9 Å². The molecule has 2 rings (SSSR count). The number of hydrogen-bond acceptors (Lipinski definition) is 7. The van der Waals surface area contributed by atoms with Crippen LogP contribution >= 0.6 is 0 Å². The van der Waals surface area contributed by atoms with Crippen molar-refractivity contribution in [3.8, 4) is 0 Å². The number of esters is 2. The summed E-state index contributed by atoms with van der Waals surface area (Å²) in [6.45, 7) is 4.74. The molecule has 9 heteroatoms. The van der Waals surface area contributed by atoms with Gasteiger partial charge in [-0.25, -0.2) is 18.0 Å². The zero-order valence-corrected chi connectivity index (χ0v) is 19.0. The highest BCUT2D eigenvalue weighted by atomic mass is 32.2. The van der Waals surface area contributed by atoms with Gasteiger partial charge in [0.25, 0.3) is 0 Å². The number of sulfonamides is 1. The molecule has 0 saturated carbocycles. The van der Waals surface area contributed by atoms with Crippen LogP contribution in [0.25, 0.3) is 0 Å². The van der Waals surface area contributed by atoms with Crippen LogP contribution in [0.5, 0.6) is 0 Å². The Hall–Kier alpha value is -2.91. The number of hydrogen-bond donors (Lipinski definition) is 0. The molecular weight excluding hydrogens is 420 g/mol. The van der Waals surface area contributed by atoms with E-state index >= 15 is 0 Å². The van der Waals surface area contributed by atoms with Crippen LogP contribution in [-0.4, -0.2) is 52.0 Å². The monoisotopic (exact) mass is 448 g/mol. The number of methoxy groups -OCH3 is 2. The third-order valence-electron chi connectivity index (χ3n) is 4.59. The summed E-state index contributed by atoms with van der Waals surface area (Å²) in [5, 5.41) is 0. The van der Waals surface area contributed by atoms with Gasteiger partial charge in [0, 0.05) is 25.0 Å². The standard InChI is InChI=1S/C22H28N2O6S/c1-5-14-23(15-6-2)31(27,28)18-12-10-17(11-13-18)24-16-8-7-9-19(21(25)29-3)20(24)22(26)30-4/h7-13,16H,5-6,14-15H2,1-4H3. The van der Waals surface area contributed by atoms with Crippen LogP contribution in [0.4, 0.5) is 5.69 Å². The summed E-state index contributed by atoms with van der Waals surface area (Å²) in [7, 11) is -1.20. The molecule has 1 aromatic carbocycles. The van der Waals surface area contributed by atoms with Gasteiger partial charge in [-0.2, -0.15) is 4.31 Å². The minimum atomic E-state index is -3.64. The minimum Gasteiger partial charge on any atom is -0.465 e. The first kappa shape index (κ1) is 24.4. The van der Waals surface area contributed by atoms with E-state index in [0.29, 0.717) is 31.6 Å². The second-order valence-electron chi connectivity index (χ2n) is 6.71. The van der Waals surface area contributed by atoms with Crippen molar-refractivity contribution in [1.29, 1.82) is 0 Å². The van der Waals surface area contributed by atoms with Crippen LogP contribution in [0, 0.1) is 0 Å². The summed E-state index contributed by atoms with van der Waals surface area (Å²) >= 11 is 0. The molecule has 0 fully saturated rings. The number of carbonyl (C=O) groups is 2. The van der Waals surface area contributed by atoms with Crippen molar-refractivity contribution in [3.05, 3.63) is 60.0 Å². The fraction of sp³-hybridized carbons (Fsp3) is 0.364. The van der Waals surface area contributed by atoms with Crippen LogP contribution in [0.1, 0.15) is 26.7 Å². The lowest BCUT2D eigenvalue weighted by Gasteiger charge is -2.24. The SMILES string of the molecule is CCCN(CCC)S(=O)(=O)c1ccc(N2C=CC=CC(C(=O)OC)=C2C(=O)OC)cc1. The fourth-order valence-corrected chi connectivity index (χ4v) is 4.77. The van der Waals surface area contributed by atoms with Crippen LogP contribution in [-0.2, 0) is 29.1 Å². The molecule has 0 amide bonds. The van der Waals surface area contributed by atoms with Gasteiger partial charge >= 0.3 is 11.9 Å². The summed E-state index contributed by atoms with van der Waals surface area (Å²) < 4.78 is 37.1. The molecule has 0 aliphatic carbocycles. The van der Waals surface area contributed by atoms with Crippen molar-refractivity contribution in [1.82, 2.24) is 4.31 Å². The van der Waals surface area contributed by atoms with Crippen molar-refractivity contribution in [2.24, 2.45) is 0 Å². The molecule has 8 nitrogen and oxygen atoms in total. The predicted molar refractivity (Wildman–Crippen MR) is 118 cm³/mol. The topological polar surface area (TPSA) is 93.2 Å². The van der Waals surface area contributed by atoms with Crippen molar-refractivity contribution < 1.29 is 27.5 Å². The van der Waals surface area contributed by atoms with E-state index in [2.05, 4.69) is 0 Å². The largest absolute Gasteiger partial charge is 0.465 e. The van der Waals surface area contributed by atoms with Crippen molar-refractivity contribution in [2.45, 2.75) is 31.6 Å². The molecule has 1 heterocycles. The van der Waals surface area contributed by atoms with Crippen LogP contribution in [0.3, 0.4) is 0 Å². The molecule has 0 atom stereocenters. The Morgan fingerprint density at radius 2 is 1.52 bits per heavy atom. The number of nitrogens with zero attached hydrogens (tertiary/aromatic N) is 2. The fourth-order valence-electron chi connectivity index (χ4n) is 3.14. The lowest BCUT2D eigenvalue weighted by Crippen LogP contribution is -2.32. The van der Waals surface area contributed by atoms with E-state index in [1.54, 1.807) is 30.5 Å². The van der Waals surface area contributed by atoms with Crippen molar-refractivity contribution in [3.63, 3.8) is 0 Å². The summed E-state index contributed by atoms with van der Waals surface area (Å²) in [5.41, 5.74) is 0.472. The Morgan fingerprint density at radius 3 is 2.03 bits per heavy atom. The smallest absolute Gasteiger partial charge is 0.355 e. The number of carbonyl (C=O) groups excluding carboxylic acids is 2. The third-order valence-corrected chi connectivity index (χ3v) is 6.50. The molecule has 1 aromatic rings. The van der Waals surface area contributed by atoms with E-state index in [-0.39, 0.29) is 16.2 Å². The maximum absolute atomic E-state index is 13.0. The Labute approximate surface area is 183 Å². The second kappa shape index (κ2) is 10.9. The van der Waals surface area contributed by atoms with Gasteiger partial charge in [-0.3, -0.25) is 0 Å². The summed E-state index contributed by atoms with van der Waals surface area (Å²) in [6, 6.07) is 6.14. The Balaban J connectivity index is 2.50. The van der Waals surface area contributed by atoms with Crippen molar-refractivity contribution in [2.75, 3.05) is 32.2 Å². The number of benzene rings is 1. The predicted octanol–water partition coefficient (Wildman–Crippen LogP) is 2.99. The number of rotatable bonds is 9. The average molecular weight is 449 g/mol. The Kier molecular flexibility index (Phi) is 8.58. The van der Waals surface area contributed by atoms with Crippen LogP contribution in [0.2, 0.25) is 0 Å². The van der Waals surface area contributed by atoms with Gasteiger partial charge in [-0.05, 0) is 49.3 Å². The minimum absolute atomic E-state index is 0.0214. The van der Waals surface area contributed by atoms with E-state index in [1.165, 1.54) is 41.6 Å². The molecule has 0 aromatic heterocycles. The molecule has 0 unspecified atom stereocenters. The van der Waals surface area contributed by atoms with Gasteiger partial charge in [-0.15, -0.1) is 0 Å². The number of anilines is 1. The Bertz CT molecular complexity index is 987. The van der Waals surface area contributed by atoms with Crippen LogP contribution < -0.4 is 4.90 Å².